The van der Waals surface area contributed by atoms with Crippen molar-refractivity contribution in [2.75, 3.05) is 0 Å². The monoisotopic (exact) mass is 305 g/mol. The van der Waals surface area contributed by atoms with Crippen molar-refractivity contribution in [1.82, 2.24) is 4.98 Å². The van der Waals surface area contributed by atoms with Gasteiger partial charge in [0.15, 0.2) is 0 Å². The molecule has 24 heavy (non-hydrogen) atoms. The Morgan fingerprint density at radius 2 is 1.25 bits per heavy atom. The fourth-order valence-corrected chi connectivity index (χ4v) is 3.40. The predicted octanol–water partition coefficient (Wildman–Crippen LogP) is 6.21. The zero-order valence-electron chi connectivity index (χ0n) is 13.1. The van der Waals surface area contributed by atoms with Crippen molar-refractivity contribution >= 4 is 32.4 Å². The summed E-state index contributed by atoms with van der Waals surface area (Å²) < 4.78 is 0. The van der Waals surface area contributed by atoms with E-state index in [2.05, 4.69) is 91.0 Å². The van der Waals surface area contributed by atoms with Crippen molar-refractivity contribution in [2.45, 2.75) is 0 Å². The van der Waals surface area contributed by atoms with Crippen LogP contribution in [-0.4, -0.2) is 4.98 Å². The first-order chi connectivity index (χ1) is 11.9. The highest BCUT2D eigenvalue weighted by Gasteiger charge is 2.05. The molecule has 5 rings (SSSR count). The van der Waals surface area contributed by atoms with E-state index < -0.39 is 0 Å². The van der Waals surface area contributed by atoms with Gasteiger partial charge in [-0.15, -0.1) is 0 Å². The Labute approximate surface area is 140 Å². The molecule has 0 bridgehead atoms. The van der Waals surface area contributed by atoms with Gasteiger partial charge in [0, 0.05) is 10.9 Å². The lowest BCUT2D eigenvalue weighted by Crippen LogP contribution is -1.87. The maximum atomic E-state index is 4.90. The molecule has 0 atom stereocenters. The third-order valence-electron chi connectivity index (χ3n) is 4.64. The number of aromatic nitrogens is 1. The van der Waals surface area contributed by atoms with E-state index in [1.807, 2.05) is 0 Å². The maximum Gasteiger partial charge on any atom is 0.0715 e. The number of fused-ring (bicyclic) bond motifs is 4. The molecule has 112 valence electrons. The molecule has 4 aromatic carbocycles. The lowest BCUT2D eigenvalue weighted by Gasteiger charge is -2.07. The Bertz CT molecular complexity index is 1200. The Morgan fingerprint density at radius 1 is 0.500 bits per heavy atom. The van der Waals surface area contributed by atoms with Gasteiger partial charge in [0.05, 0.1) is 11.2 Å². The van der Waals surface area contributed by atoms with Gasteiger partial charge in [0.1, 0.15) is 0 Å². The van der Waals surface area contributed by atoms with Crippen LogP contribution in [0.25, 0.3) is 43.7 Å². The first-order valence-corrected chi connectivity index (χ1v) is 8.16. The summed E-state index contributed by atoms with van der Waals surface area (Å²) in [5.74, 6) is 0. The minimum Gasteiger partial charge on any atom is -0.248 e. The van der Waals surface area contributed by atoms with E-state index in [0.717, 1.165) is 16.8 Å². The molecular weight excluding hydrogens is 290 g/mol. The summed E-state index contributed by atoms with van der Waals surface area (Å²) in [6.45, 7) is 0. The second kappa shape index (κ2) is 5.17. The van der Waals surface area contributed by atoms with Crippen LogP contribution in [0.2, 0.25) is 0 Å². The van der Waals surface area contributed by atoms with Gasteiger partial charge in [-0.3, -0.25) is 0 Å². The van der Waals surface area contributed by atoms with E-state index in [9.17, 15) is 0 Å². The molecular formula is C23H15N. The highest BCUT2D eigenvalue weighted by molar-refractivity contribution is 6.06. The van der Waals surface area contributed by atoms with Gasteiger partial charge in [0.2, 0.25) is 0 Å². The molecule has 1 aromatic heterocycles. The molecule has 0 saturated heterocycles. The standard InChI is InChI=1S/C23H15N/c1-2-7-18-15-19(10-9-16(18)5-1)22-14-12-21-20-8-4-3-6-17(20)11-13-23(21)24-22/h1-15H. The zero-order chi connectivity index (χ0) is 15.9. The number of rotatable bonds is 1. The molecule has 0 spiro atoms. The summed E-state index contributed by atoms with van der Waals surface area (Å²) in [6.07, 6.45) is 0. The molecule has 1 heterocycles. The molecule has 0 aliphatic heterocycles. The number of nitrogens with zero attached hydrogens (tertiary/aromatic N) is 1. The van der Waals surface area contributed by atoms with Gasteiger partial charge in [-0.1, -0.05) is 72.8 Å². The minimum atomic E-state index is 1.02. The van der Waals surface area contributed by atoms with Crippen molar-refractivity contribution in [3.05, 3.63) is 91.0 Å². The van der Waals surface area contributed by atoms with E-state index in [1.165, 1.54) is 26.9 Å². The van der Waals surface area contributed by atoms with Gasteiger partial charge < -0.3 is 0 Å². The Morgan fingerprint density at radius 3 is 2.17 bits per heavy atom. The second-order valence-corrected chi connectivity index (χ2v) is 6.11. The van der Waals surface area contributed by atoms with E-state index >= 15 is 0 Å². The summed E-state index contributed by atoms with van der Waals surface area (Å²) in [7, 11) is 0. The molecule has 0 aliphatic rings. The van der Waals surface area contributed by atoms with Gasteiger partial charge in [-0.25, -0.2) is 4.98 Å². The SMILES string of the molecule is c1ccc2cc(-c3ccc4c(ccc5ccccc54)n3)ccc2c1. The lowest BCUT2D eigenvalue weighted by molar-refractivity contribution is 1.41. The second-order valence-electron chi connectivity index (χ2n) is 6.11. The highest BCUT2D eigenvalue weighted by Crippen LogP contribution is 2.28. The van der Waals surface area contributed by atoms with E-state index in [-0.39, 0.29) is 0 Å². The van der Waals surface area contributed by atoms with Gasteiger partial charge >= 0.3 is 0 Å². The maximum absolute atomic E-state index is 4.90. The van der Waals surface area contributed by atoms with E-state index in [4.69, 9.17) is 4.98 Å². The fraction of sp³-hybridized carbons (Fsp3) is 0. The van der Waals surface area contributed by atoms with Crippen molar-refractivity contribution in [2.24, 2.45) is 0 Å². The summed E-state index contributed by atoms with van der Waals surface area (Å²) in [5, 5.41) is 6.22. The van der Waals surface area contributed by atoms with Crippen LogP contribution in [-0.2, 0) is 0 Å². The molecule has 0 fully saturated rings. The van der Waals surface area contributed by atoms with Crippen LogP contribution in [0.15, 0.2) is 91.0 Å². The smallest absolute Gasteiger partial charge is 0.0715 e. The summed E-state index contributed by atoms with van der Waals surface area (Å²) in [5.41, 5.74) is 3.21. The molecule has 0 saturated carbocycles. The quantitative estimate of drug-likeness (QED) is 0.336. The van der Waals surface area contributed by atoms with Crippen LogP contribution in [0.4, 0.5) is 0 Å². The number of benzene rings is 4. The van der Waals surface area contributed by atoms with Crippen LogP contribution >= 0.6 is 0 Å². The summed E-state index contributed by atoms with van der Waals surface area (Å²) >= 11 is 0. The van der Waals surface area contributed by atoms with Gasteiger partial charge in [-0.05, 0) is 39.7 Å². The molecule has 0 N–H and O–H groups in total. The molecule has 1 nitrogen and oxygen atoms in total. The largest absolute Gasteiger partial charge is 0.248 e. The fourth-order valence-electron chi connectivity index (χ4n) is 3.40. The van der Waals surface area contributed by atoms with Gasteiger partial charge in [0.25, 0.3) is 0 Å². The van der Waals surface area contributed by atoms with Crippen LogP contribution in [0.1, 0.15) is 0 Å². The molecule has 0 unspecified atom stereocenters. The summed E-state index contributed by atoms with van der Waals surface area (Å²) in [6, 6.07) is 32.0. The van der Waals surface area contributed by atoms with Crippen molar-refractivity contribution in [3.63, 3.8) is 0 Å². The van der Waals surface area contributed by atoms with Crippen molar-refractivity contribution in [3.8, 4) is 11.3 Å². The molecule has 0 amide bonds. The zero-order valence-corrected chi connectivity index (χ0v) is 13.1. The summed E-state index contributed by atoms with van der Waals surface area (Å²) in [4.78, 5) is 4.90. The Balaban J connectivity index is 1.72. The predicted molar refractivity (Wildman–Crippen MR) is 102 cm³/mol. The minimum absolute atomic E-state index is 1.02. The van der Waals surface area contributed by atoms with Crippen LogP contribution < -0.4 is 0 Å². The Kier molecular flexibility index (Phi) is 2.86. The molecule has 0 radical (unpaired) electrons. The van der Waals surface area contributed by atoms with Crippen molar-refractivity contribution < 1.29 is 0 Å². The number of hydrogen-bond acceptors (Lipinski definition) is 1. The lowest BCUT2D eigenvalue weighted by atomic mass is 10.0. The molecule has 0 aliphatic carbocycles. The first-order valence-electron chi connectivity index (χ1n) is 8.16. The molecule has 5 aromatic rings. The first kappa shape index (κ1) is 13.3. The van der Waals surface area contributed by atoms with E-state index in [0.29, 0.717) is 0 Å². The third-order valence-corrected chi connectivity index (χ3v) is 4.64. The normalized spacial score (nSPS) is 11.3. The number of pyridine rings is 1. The van der Waals surface area contributed by atoms with Crippen molar-refractivity contribution in [1.29, 1.82) is 0 Å². The average Bonchev–Trinajstić information content (AvgIpc) is 2.67. The van der Waals surface area contributed by atoms with Gasteiger partial charge in [-0.2, -0.15) is 0 Å². The molecule has 1 heteroatoms. The topological polar surface area (TPSA) is 12.9 Å². The Hall–Kier alpha value is -3.19. The van der Waals surface area contributed by atoms with Crippen LogP contribution in [0, 0.1) is 0 Å². The van der Waals surface area contributed by atoms with E-state index in [1.54, 1.807) is 0 Å². The van der Waals surface area contributed by atoms with Crippen LogP contribution in [0.5, 0.6) is 0 Å². The third kappa shape index (κ3) is 2.06. The van der Waals surface area contributed by atoms with Crippen LogP contribution in [0.3, 0.4) is 0 Å². The highest BCUT2D eigenvalue weighted by atomic mass is 14.7. The average molecular weight is 305 g/mol. The number of hydrogen-bond donors (Lipinski definition) is 0.